The highest BCUT2D eigenvalue weighted by Gasteiger charge is 2.08. The normalized spacial score (nSPS) is 11.0. The van der Waals surface area contributed by atoms with Gasteiger partial charge in [0.2, 0.25) is 0 Å². The van der Waals surface area contributed by atoms with Crippen molar-refractivity contribution in [1.82, 2.24) is 9.97 Å². The number of nitrogens with zero attached hydrogens (tertiary/aromatic N) is 2. The Balaban J connectivity index is 1.36. The second kappa shape index (κ2) is 6.70. The van der Waals surface area contributed by atoms with E-state index in [1.165, 1.54) is 0 Å². The predicted molar refractivity (Wildman–Crippen MR) is 110 cm³/mol. The Morgan fingerprint density at radius 1 is 0.741 bits per heavy atom. The molecule has 0 saturated heterocycles. The van der Waals surface area contributed by atoms with Crippen molar-refractivity contribution in [3.8, 4) is 21.8 Å². The van der Waals surface area contributed by atoms with Crippen LogP contribution in [0.1, 0.15) is 0 Å². The minimum Gasteiger partial charge on any atom is -0.423 e. The molecule has 5 heteroatoms. The van der Waals surface area contributed by atoms with Crippen molar-refractivity contribution in [2.24, 2.45) is 0 Å². The summed E-state index contributed by atoms with van der Waals surface area (Å²) in [5.74, 6) is 0. The van der Waals surface area contributed by atoms with Gasteiger partial charge in [0.15, 0.2) is 5.58 Å². The fraction of sp³-hybridized carbons (Fsp3) is 0. The van der Waals surface area contributed by atoms with Gasteiger partial charge in [-0.1, -0.05) is 54.6 Å². The van der Waals surface area contributed by atoms with Gasteiger partial charge in [0, 0.05) is 22.2 Å². The second-order valence-corrected chi connectivity index (χ2v) is 6.95. The van der Waals surface area contributed by atoms with Crippen LogP contribution in [0.2, 0.25) is 0 Å². The number of hydrogen-bond donors (Lipinski definition) is 1. The fourth-order valence-electron chi connectivity index (χ4n) is 2.89. The lowest BCUT2D eigenvalue weighted by atomic mass is 10.1. The SMILES string of the molecule is c1ccc(-c2nc(-c3ccc(Nc4nc5ccccc5o4)cc3)cs2)cc1. The molecule has 0 spiro atoms. The van der Waals surface area contributed by atoms with Crippen molar-refractivity contribution >= 4 is 34.1 Å². The summed E-state index contributed by atoms with van der Waals surface area (Å²) in [6.45, 7) is 0. The molecule has 4 nitrogen and oxygen atoms in total. The van der Waals surface area contributed by atoms with E-state index in [4.69, 9.17) is 9.40 Å². The van der Waals surface area contributed by atoms with Gasteiger partial charge in [-0.3, -0.25) is 0 Å². The zero-order valence-corrected chi connectivity index (χ0v) is 15.1. The highest BCUT2D eigenvalue weighted by atomic mass is 32.1. The maximum absolute atomic E-state index is 5.71. The molecule has 0 amide bonds. The summed E-state index contributed by atoms with van der Waals surface area (Å²) in [7, 11) is 0. The summed E-state index contributed by atoms with van der Waals surface area (Å²) in [6, 6.07) is 26.6. The zero-order chi connectivity index (χ0) is 18.1. The number of anilines is 2. The van der Waals surface area contributed by atoms with Gasteiger partial charge in [-0.25, -0.2) is 4.98 Å². The summed E-state index contributed by atoms with van der Waals surface area (Å²) >= 11 is 1.65. The van der Waals surface area contributed by atoms with Gasteiger partial charge in [0.25, 0.3) is 6.01 Å². The first-order chi connectivity index (χ1) is 13.3. The molecule has 0 radical (unpaired) electrons. The molecule has 1 N–H and O–H groups in total. The van der Waals surface area contributed by atoms with E-state index >= 15 is 0 Å². The molecule has 5 aromatic rings. The minimum atomic E-state index is 0.490. The van der Waals surface area contributed by atoms with Gasteiger partial charge in [0.05, 0.1) is 5.69 Å². The molecule has 130 valence electrons. The Morgan fingerprint density at radius 3 is 2.33 bits per heavy atom. The molecule has 0 aliphatic carbocycles. The highest BCUT2D eigenvalue weighted by Crippen LogP contribution is 2.30. The maximum atomic E-state index is 5.71. The molecular formula is C22H15N3OS. The van der Waals surface area contributed by atoms with Crippen LogP contribution < -0.4 is 5.32 Å². The Labute approximate surface area is 160 Å². The Kier molecular flexibility index (Phi) is 3.92. The average Bonchev–Trinajstić information content (AvgIpc) is 3.36. The van der Waals surface area contributed by atoms with E-state index in [2.05, 4.69) is 39.9 Å². The summed E-state index contributed by atoms with van der Waals surface area (Å²) in [4.78, 5) is 9.20. The average molecular weight is 369 g/mol. The lowest BCUT2D eigenvalue weighted by Crippen LogP contribution is -1.90. The number of benzene rings is 3. The summed E-state index contributed by atoms with van der Waals surface area (Å²) in [6.07, 6.45) is 0. The minimum absolute atomic E-state index is 0.490. The first-order valence-electron chi connectivity index (χ1n) is 8.59. The van der Waals surface area contributed by atoms with Gasteiger partial charge in [-0.2, -0.15) is 4.98 Å². The summed E-state index contributed by atoms with van der Waals surface area (Å²) in [5, 5.41) is 6.32. The maximum Gasteiger partial charge on any atom is 0.300 e. The Hall–Kier alpha value is -3.44. The molecule has 0 bridgehead atoms. The Morgan fingerprint density at radius 2 is 1.52 bits per heavy atom. The zero-order valence-electron chi connectivity index (χ0n) is 14.3. The molecule has 3 aromatic carbocycles. The number of para-hydroxylation sites is 2. The largest absolute Gasteiger partial charge is 0.423 e. The fourth-order valence-corrected chi connectivity index (χ4v) is 3.73. The van der Waals surface area contributed by atoms with E-state index in [9.17, 15) is 0 Å². The third-order valence-corrected chi connectivity index (χ3v) is 5.14. The van der Waals surface area contributed by atoms with Crippen molar-refractivity contribution in [3.63, 3.8) is 0 Å². The van der Waals surface area contributed by atoms with E-state index < -0.39 is 0 Å². The molecule has 5 rings (SSSR count). The summed E-state index contributed by atoms with van der Waals surface area (Å²) in [5.41, 5.74) is 5.73. The number of hydrogen-bond acceptors (Lipinski definition) is 5. The van der Waals surface area contributed by atoms with Crippen LogP contribution in [0.5, 0.6) is 0 Å². The van der Waals surface area contributed by atoms with Crippen LogP contribution in [0.3, 0.4) is 0 Å². The topological polar surface area (TPSA) is 51.0 Å². The third kappa shape index (κ3) is 3.20. The van der Waals surface area contributed by atoms with Crippen LogP contribution in [0.15, 0.2) is 88.7 Å². The molecule has 0 saturated carbocycles. The molecule has 0 atom stereocenters. The molecule has 0 fully saturated rings. The van der Waals surface area contributed by atoms with Crippen molar-refractivity contribution in [1.29, 1.82) is 0 Å². The standard InChI is InChI=1S/C22H15N3OS/c1-2-6-16(7-3-1)21-24-19(14-27-21)15-10-12-17(13-11-15)23-22-25-18-8-4-5-9-20(18)26-22/h1-14H,(H,23,25). The number of rotatable bonds is 4. The first-order valence-corrected chi connectivity index (χ1v) is 9.47. The van der Waals surface area contributed by atoms with E-state index in [-0.39, 0.29) is 0 Å². The lowest BCUT2D eigenvalue weighted by molar-refractivity contribution is 0.623. The third-order valence-electron chi connectivity index (χ3n) is 4.25. The van der Waals surface area contributed by atoms with Crippen molar-refractivity contribution in [2.75, 3.05) is 5.32 Å². The van der Waals surface area contributed by atoms with Crippen molar-refractivity contribution < 1.29 is 4.42 Å². The van der Waals surface area contributed by atoms with Gasteiger partial charge in [0.1, 0.15) is 10.5 Å². The molecule has 0 aliphatic rings. The number of fused-ring (bicyclic) bond motifs is 1. The number of oxazole rings is 1. The van der Waals surface area contributed by atoms with E-state index in [0.29, 0.717) is 6.01 Å². The second-order valence-electron chi connectivity index (χ2n) is 6.09. The van der Waals surface area contributed by atoms with Gasteiger partial charge < -0.3 is 9.73 Å². The summed E-state index contributed by atoms with van der Waals surface area (Å²) < 4.78 is 5.71. The van der Waals surface area contributed by atoms with E-state index in [0.717, 1.165) is 38.6 Å². The van der Waals surface area contributed by atoms with Gasteiger partial charge >= 0.3 is 0 Å². The van der Waals surface area contributed by atoms with E-state index in [1.54, 1.807) is 11.3 Å². The molecule has 0 aliphatic heterocycles. The smallest absolute Gasteiger partial charge is 0.300 e. The molecule has 2 aromatic heterocycles. The molecular weight excluding hydrogens is 354 g/mol. The number of nitrogens with one attached hydrogen (secondary N) is 1. The predicted octanol–water partition coefficient (Wildman–Crippen LogP) is 6.36. The number of aromatic nitrogens is 2. The van der Waals surface area contributed by atoms with Crippen LogP contribution in [-0.4, -0.2) is 9.97 Å². The monoisotopic (exact) mass is 369 g/mol. The van der Waals surface area contributed by atoms with Crippen LogP contribution in [0.4, 0.5) is 11.7 Å². The van der Waals surface area contributed by atoms with Crippen LogP contribution in [0, 0.1) is 0 Å². The van der Waals surface area contributed by atoms with Crippen LogP contribution in [-0.2, 0) is 0 Å². The number of thiazole rings is 1. The van der Waals surface area contributed by atoms with E-state index in [1.807, 2.05) is 54.6 Å². The Bertz CT molecular complexity index is 1160. The van der Waals surface area contributed by atoms with Crippen molar-refractivity contribution in [2.45, 2.75) is 0 Å². The van der Waals surface area contributed by atoms with Crippen molar-refractivity contribution in [3.05, 3.63) is 84.2 Å². The first kappa shape index (κ1) is 15.8. The van der Waals surface area contributed by atoms with Gasteiger partial charge in [-0.15, -0.1) is 11.3 Å². The quantitative estimate of drug-likeness (QED) is 0.400. The van der Waals surface area contributed by atoms with Crippen LogP contribution >= 0.6 is 11.3 Å². The molecule has 0 unspecified atom stereocenters. The van der Waals surface area contributed by atoms with Crippen LogP contribution in [0.25, 0.3) is 32.9 Å². The lowest BCUT2D eigenvalue weighted by Gasteiger charge is -2.03. The molecule has 2 heterocycles. The highest BCUT2D eigenvalue weighted by molar-refractivity contribution is 7.13. The van der Waals surface area contributed by atoms with Gasteiger partial charge in [-0.05, 0) is 24.3 Å². The molecule has 27 heavy (non-hydrogen) atoms.